The van der Waals surface area contributed by atoms with Gasteiger partial charge in [-0.15, -0.1) is 0 Å². The highest BCUT2D eigenvalue weighted by molar-refractivity contribution is 5.81. The van der Waals surface area contributed by atoms with Crippen LogP contribution in [0.3, 0.4) is 0 Å². The van der Waals surface area contributed by atoms with Crippen LogP contribution in [0.15, 0.2) is 36.9 Å². The Hall–Kier alpha value is -2.14. The largest absolute Gasteiger partial charge is 0.494 e. The lowest BCUT2D eigenvalue weighted by Gasteiger charge is -2.06. The Bertz CT molecular complexity index is 425. The second kappa shape index (κ2) is 13.8. The van der Waals surface area contributed by atoms with Gasteiger partial charge < -0.3 is 14.6 Å². The number of rotatable bonds is 10. The number of ether oxygens (including phenoxy) is 2. The van der Waals surface area contributed by atoms with Gasteiger partial charge in [-0.1, -0.05) is 6.58 Å². The Kier molecular flexibility index (Phi) is 12.5. The molecule has 0 aliphatic carbocycles. The number of aliphatic hydroxyl groups is 1. The zero-order valence-electron chi connectivity index (χ0n) is 13.0. The summed E-state index contributed by atoms with van der Waals surface area (Å²) in [5, 5.41) is 7.00. The van der Waals surface area contributed by atoms with Crippen molar-refractivity contribution >= 4 is 12.3 Å². The Morgan fingerprint density at radius 1 is 1.09 bits per heavy atom. The van der Waals surface area contributed by atoms with E-state index in [1.807, 2.05) is 0 Å². The van der Waals surface area contributed by atoms with Crippen LogP contribution < -0.4 is 4.74 Å². The molecular weight excluding hydrogens is 284 g/mol. The van der Waals surface area contributed by atoms with Crippen molar-refractivity contribution in [3.8, 4) is 5.75 Å². The van der Waals surface area contributed by atoms with E-state index in [0.29, 0.717) is 18.8 Å². The van der Waals surface area contributed by atoms with Crippen molar-refractivity contribution in [2.75, 3.05) is 20.3 Å². The average molecular weight is 308 g/mol. The van der Waals surface area contributed by atoms with E-state index >= 15 is 0 Å². The first-order valence-electron chi connectivity index (χ1n) is 7.18. The molecule has 0 fully saturated rings. The molecule has 0 unspecified atom stereocenters. The predicted molar refractivity (Wildman–Crippen MR) is 85.1 cm³/mol. The third kappa shape index (κ3) is 9.72. The first kappa shape index (κ1) is 19.9. The van der Waals surface area contributed by atoms with Crippen LogP contribution in [0.4, 0.5) is 0 Å². The molecule has 0 heterocycles. The second-order valence-electron chi connectivity index (χ2n) is 4.32. The molecular formula is C17H24O5. The molecule has 0 saturated carbocycles. The third-order valence-corrected chi connectivity index (χ3v) is 2.73. The molecule has 1 aromatic carbocycles. The summed E-state index contributed by atoms with van der Waals surface area (Å²) >= 11 is 0. The van der Waals surface area contributed by atoms with Crippen LogP contribution in [0.2, 0.25) is 0 Å². The maximum Gasteiger partial charge on any atom is 0.330 e. The number of unbranched alkanes of at least 4 members (excludes halogenated alkanes) is 3. The van der Waals surface area contributed by atoms with Gasteiger partial charge in [-0.05, 0) is 49.9 Å². The first-order valence-corrected chi connectivity index (χ1v) is 7.18. The normalized spacial score (nSPS) is 9.18. The Balaban J connectivity index is 0.00000211. The number of aldehydes is 1. The summed E-state index contributed by atoms with van der Waals surface area (Å²) in [6.45, 7) is 4.42. The fourth-order valence-corrected chi connectivity index (χ4v) is 1.62. The van der Waals surface area contributed by atoms with Gasteiger partial charge in [-0.3, -0.25) is 4.79 Å². The topological polar surface area (TPSA) is 72.8 Å². The van der Waals surface area contributed by atoms with E-state index in [1.165, 1.54) is 6.08 Å². The van der Waals surface area contributed by atoms with Crippen LogP contribution in [0.5, 0.6) is 5.75 Å². The van der Waals surface area contributed by atoms with Gasteiger partial charge in [0.2, 0.25) is 0 Å². The quantitative estimate of drug-likeness (QED) is 0.311. The van der Waals surface area contributed by atoms with Crippen LogP contribution >= 0.6 is 0 Å². The van der Waals surface area contributed by atoms with Crippen molar-refractivity contribution < 1.29 is 24.2 Å². The summed E-state index contributed by atoms with van der Waals surface area (Å²) in [4.78, 5) is 21.3. The minimum Gasteiger partial charge on any atom is -0.494 e. The molecule has 0 aromatic heterocycles. The number of hydrogen-bond donors (Lipinski definition) is 1. The van der Waals surface area contributed by atoms with Crippen LogP contribution in [0.1, 0.15) is 36.0 Å². The number of carbonyl (C=O) groups excluding carboxylic acids is 2. The van der Waals surface area contributed by atoms with Gasteiger partial charge in [0.1, 0.15) is 12.0 Å². The zero-order chi connectivity index (χ0) is 16.6. The predicted octanol–water partition coefficient (Wildman–Crippen LogP) is 2.78. The first-order chi connectivity index (χ1) is 10.8. The minimum atomic E-state index is -0.368. The van der Waals surface area contributed by atoms with Crippen molar-refractivity contribution in [3.63, 3.8) is 0 Å². The van der Waals surface area contributed by atoms with Crippen LogP contribution in [0.25, 0.3) is 0 Å². The lowest BCUT2D eigenvalue weighted by atomic mass is 10.2. The highest BCUT2D eigenvalue weighted by Gasteiger charge is 1.97. The Morgan fingerprint density at radius 2 is 1.68 bits per heavy atom. The van der Waals surface area contributed by atoms with Crippen LogP contribution in [-0.2, 0) is 9.53 Å². The molecule has 122 valence electrons. The van der Waals surface area contributed by atoms with E-state index in [1.54, 1.807) is 24.3 Å². The lowest BCUT2D eigenvalue weighted by molar-refractivity contribution is -0.137. The maximum atomic E-state index is 10.8. The van der Waals surface area contributed by atoms with E-state index in [0.717, 1.165) is 44.8 Å². The summed E-state index contributed by atoms with van der Waals surface area (Å²) < 4.78 is 10.4. The van der Waals surface area contributed by atoms with Gasteiger partial charge in [-0.25, -0.2) is 4.79 Å². The van der Waals surface area contributed by atoms with E-state index in [9.17, 15) is 9.59 Å². The molecule has 0 radical (unpaired) electrons. The van der Waals surface area contributed by atoms with E-state index in [-0.39, 0.29) is 5.97 Å². The number of aliphatic hydroxyl groups excluding tert-OH is 1. The number of esters is 1. The molecule has 0 saturated heterocycles. The molecule has 1 rings (SSSR count). The summed E-state index contributed by atoms with van der Waals surface area (Å²) in [6.07, 6.45) is 5.81. The van der Waals surface area contributed by atoms with E-state index < -0.39 is 0 Å². The third-order valence-electron chi connectivity index (χ3n) is 2.73. The minimum absolute atomic E-state index is 0.368. The molecule has 0 bridgehead atoms. The second-order valence-corrected chi connectivity index (χ2v) is 4.32. The van der Waals surface area contributed by atoms with Crippen LogP contribution in [0, 0.1) is 0 Å². The van der Waals surface area contributed by atoms with Crippen molar-refractivity contribution in [1.29, 1.82) is 0 Å². The maximum absolute atomic E-state index is 10.8. The average Bonchev–Trinajstić information content (AvgIpc) is 2.59. The van der Waals surface area contributed by atoms with Gasteiger partial charge in [0.15, 0.2) is 0 Å². The molecule has 0 spiro atoms. The fraction of sp³-hybridized carbons (Fsp3) is 0.412. The molecule has 5 heteroatoms. The molecule has 5 nitrogen and oxygen atoms in total. The monoisotopic (exact) mass is 308 g/mol. The van der Waals surface area contributed by atoms with Gasteiger partial charge in [0, 0.05) is 18.7 Å². The van der Waals surface area contributed by atoms with Gasteiger partial charge in [-0.2, -0.15) is 0 Å². The zero-order valence-corrected chi connectivity index (χ0v) is 13.0. The molecule has 0 amide bonds. The van der Waals surface area contributed by atoms with Crippen molar-refractivity contribution in [1.82, 2.24) is 0 Å². The standard InChI is InChI=1S/C16H20O4.CH4O/c1-2-16(18)20-12-6-4-3-5-11-19-15-9-7-14(13-17)8-10-15;1-2/h2,7-10,13H,1,3-6,11-12H2;2H,1H3. The smallest absolute Gasteiger partial charge is 0.330 e. The molecule has 0 aliphatic rings. The molecule has 0 aliphatic heterocycles. The summed E-state index contributed by atoms with van der Waals surface area (Å²) in [7, 11) is 1.00. The van der Waals surface area contributed by atoms with Gasteiger partial charge in [0.05, 0.1) is 13.2 Å². The fourth-order valence-electron chi connectivity index (χ4n) is 1.62. The molecule has 1 N–H and O–H groups in total. The summed E-state index contributed by atoms with van der Waals surface area (Å²) in [6, 6.07) is 7.05. The van der Waals surface area contributed by atoms with Crippen molar-refractivity contribution in [2.45, 2.75) is 25.7 Å². The van der Waals surface area contributed by atoms with Gasteiger partial charge in [0.25, 0.3) is 0 Å². The summed E-state index contributed by atoms with van der Waals surface area (Å²) in [5.41, 5.74) is 0.645. The van der Waals surface area contributed by atoms with E-state index in [2.05, 4.69) is 6.58 Å². The number of benzene rings is 1. The highest BCUT2D eigenvalue weighted by atomic mass is 16.5. The Morgan fingerprint density at radius 3 is 2.23 bits per heavy atom. The number of hydrogen-bond acceptors (Lipinski definition) is 5. The molecule has 0 atom stereocenters. The summed E-state index contributed by atoms with van der Waals surface area (Å²) in [5.74, 6) is 0.405. The van der Waals surface area contributed by atoms with E-state index in [4.69, 9.17) is 14.6 Å². The lowest BCUT2D eigenvalue weighted by Crippen LogP contribution is -2.02. The highest BCUT2D eigenvalue weighted by Crippen LogP contribution is 2.12. The van der Waals surface area contributed by atoms with Crippen LogP contribution in [-0.4, -0.2) is 37.7 Å². The Labute approximate surface area is 131 Å². The van der Waals surface area contributed by atoms with Gasteiger partial charge >= 0.3 is 5.97 Å². The number of carbonyl (C=O) groups is 2. The SMILES string of the molecule is C=CC(=O)OCCCCCCOc1ccc(C=O)cc1.CO. The molecule has 1 aromatic rings. The van der Waals surface area contributed by atoms with Crippen molar-refractivity contribution in [2.24, 2.45) is 0 Å². The molecule has 22 heavy (non-hydrogen) atoms. The van der Waals surface area contributed by atoms with Crippen molar-refractivity contribution in [3.05, 3.63) is 42.5 Å².